The Bertz CT molecular complexity index is 442. The van der Waals surface area contributed by atoms with E-state index in [0.717, 1.165) is 38.0 Å². The Kier molecular flexibility index (Phi) is 4.08. The van der Waals surface area contributed by atoms with Crippen LogP contribution in [0.4, 0.5) is 0 Å². The number of aliphatic hydroxyl groups excluding tert-OH is 1. The molecule has 0 unspecified atom stereocenters. The van der Waals surface area contributed by atoms with Gasteiger partial charge >= 0.3 is 0 Å². The maximum Gasteiger partial charge on any atom is 0.223 e. The largest absolute Gasteiger partial charge is 0.472 e. The Balaban J connectivity index is 1.55. The molecule has 2 fully saturated rings. The second kappa shape index (κ2) is 5.97. The summed E-state index contributed by atoms with van der Waals surface area (Å²) in [6.07, 6.45) is 6.61. The molecular formula is C15H22N2O3. The third kappa shape index (κ3) is 2.88. The number of aliphatic hydroxyl groups is 1. The van der Waals surface area contributed by atoms with Gasteiger partial charge in [0, 0.05) is 49.7 Å². The first-order valence-corrected chi connectivity index (χ1v) is 7.41. The van der Waals surface area contributed by atoms with E-state index in [-0.39, 0.29) is 30.4 Å². The van der Waals surface area contributed by atoms with E-state index in [0.29, 0.717) is 0 Å². The lowest BCUT2D eigenvalue weighted by Crippen LogP contribution is -2.45. The first kappa shape index (κ1) is 13.6. The number of hydrogen-bond donors (Lipinski definition) is 2. The Morgan fingerprint density at radius 3 is 2.90 bits per heavy atom. The zero-order valence-corrected chi connectivity index (χ0v) is 11.6. The molecule has 0 spiro atoms. The predicted octanol–water partition coefficient (Wildman–Crippen LogP) is 0.989. The number of carbonyl (C=O) groups is 1. The number of furan rings is 1. The van der Waals surface area contributed by atoms with Crippen LogP contribution in [0.5, 0.6) is 0 Å². The maximum atomic E-state index is 12.0. The van der Waals surface area contributed by atoms with Crippen molar-refractivity contribution in [2.75, 3.05) is 19.7 Å². The van der Waals surface area contributed by atoms with Gasteiger partial charge in [0.15, 0.2) is 0 Å². The maximum absolute atomic E-state index is 12.0. The average molecular weight is 278 g/mol. The van der Waals surface area contributed by atoms with Crippen molar-refractivity contribution < 1.29 is 14.3 Å². The van der Waals surface area contributed by atoms with Crippen LogP contribution in [-0.2, 0) is 11.3 Å². The fourth-order valence-electron chi connectivity index (χ4n) is 3.05. The van der Waals surface area contributed by atoms with Gasteiger partial charge in [0.05, 0.1) is 12.5 Å². The molecular weight excluding hydrogens is 256 g/mol. The van der Waals surface area contributed by atoms with Crippen LogP contribution in [0.2, 0.25) is 0 Å². The molecule has 1 amide bonds. The van der Waals surface area contributed by atoms with Crippen molar-refractivity contribution in [1.29, 1.82) is 0 Å². The van der Waals surface area contributed by atoms with Crippen LogP contribution in [0.25, 0.3) is 0 Å². The first-order chi connectivity index (χ1) is 9.76. The highest BCUT2D eigenvalue weighted by Gasteiger charge is 2.35. The van der Waals surface area contributed by atoms with Gasteiger partial charge in [-0.2, -0.15) is 0 Å². The Labute approximate surface area is 118 Å². The summed E-state index contributed by atoms with van der Waals surface area (Å²) in [4.78, 5) is 14.3. The van der Waals surface area contributed by atoms with Crippen molar-refractivity contribution >= 4 is 5.91 Å². The van der Waals surface area contributed by atoms with E-state index >= 15 is 0 Å². The van der Waals surface area contributed by atoms with Crippen molar-refractivity contribution in [1.82, 2.24) is 10.2 Å². The summed E-state index contributed by atoms with van der Waals surface area (Å²) in [6.45, 7) is 2.55. The molecule has 1 aromatic heterocycles. The molecule has 0 bridgehead atoms. The van der Waals surface area contributed by atoms with Crippen LogP contribution in [-0.4, -0.2) is 41.7 Å². The minimum Gasteiger partial charge on any atom is -0.472 e. The molecule has 0 radical (unpaired) electrons. The van der Waals surface area contributed by atoms with E-state index in [1.807, 2.05) is 6.07 Å². The lowest BCUT2D eigenvalue weighted by molar-refractivity contribution is -0.128. The second-order valence-electron chi connectivity index (χ2n) is 6.01. The van der Waals surface area contributed by atoms with Gasteiger partial charge in [0.2, 0.25) is 5.91 Å². The average Bonchev–Trinajstić information content (AvgIpc) is 2.97. The molecule has 5 heteroatoms. The van der Waals surface area contributed by atoms with Gasteiger partial charge in [0.25, 0.3) is 0 Å². The molecule has 5 nitrogen and oxygen atoms in total. The molecule has 20 heavy (non-hydrogen) atoms. The molecule has 1 aliphatic carbocycles. The SMILES string of the molecule is O=C(N[C@@H]1CN(Cc2ccoc2)C[C@H]1CO)C1CCC1. The number of amides is 1. The third-order valence-electron chi connectivity index (χ3n) is 4.54. The zero-order chi connectivity index (χ0) is 13.9. The Morgan fingerprint density at radius 1 is 1.45 bits per heavy atom. The van der Waals surface area contributed by atoms with Gasteiger partial charge in [-0.15, -0.1) is 0 Å². The van der Waals surface area contributed by atoms with Gasteiger partial charge in [-0.25, -0.2) is 0 Å². The molecule has 2 N–H and O–H groups in total. The molecule has 3 rings (SSSR count). The number of carbonyl (C=O) groups excluding carboxylic acids is 1. The highest BCUT2D eigenvalue weighted by atomic mass is 16.3. The van der Waals surface area contributed by atoms with E-state index in [4.69, 9.17) is 4.42 Å². The van der Waals surface area contributed by atoms with E-state index in [9.17, 15) is 9.90 Å². The fraction of sp³-hybridized carbons (Fsp3) is 0.667. The highest BCUT2D eigenvalue weighted by molar-refractivity contribution is 5.79. The number of rotatable bonds is 5. The minimum absolute atomic E-state index is 0.0694. The molecule has 2 aliphatic rings. The smallest absolute Gasteiger partial charge is 0.223 e. The monoisotopic (exact) mass is 278 g/mol. The van der Waals surface area contributed by atoms with E-state index < -0.39 is 0 Å². The summed E-state index contributed by atoms with van der Waals surface area (Å²) < 4.78 is 5.08. The Morgan fingerprint density at radius 2 is 2.30 bits per heavy atom. The molecule has 1 saturated carbocycles. The standard InChI is InChI=1S/C15H22N2O3/c18-9-13-7-17(6-11-4-5-20-10-11)8-14(13)16-15(19)12-2-1-3-12/h4-5,10,12-14,18H,1-3,6-9H2,(H,16,19)/t13-,14+/m0/s1. The summed E-state index contributed by atoms with van der Waals surface area (Å²) >= 11 is 0. The van der Waals surface area contributed by atoms with Gasteiger partial charge < -0.3 is 14.8 Å². The van der Waals surface area contributed by atoms with Crippen molar-refractivity contribution in [3.63, 3.8) is 0 Å². The normalized spacial score (nSPS) is 27.4. The van der Waals surface area contributed by atoms with Crippen molar-refractivity contribution in [3.05, 3.63) is 24.2 Å². The number of likely N-dealkylation sites (tertiary alicyclic amines) is 1. The lowest BCUT2D eigenvalue weighted by atomic mass is 9.84. The minimum atomic E-state index is 0.0694. The summed E-state index contributed by atoms with van der Waals surface area (Å²) in [7, 11) is 0. The highest BCUT2D eigenvalue weighted by Crippen LogP contribution is 2.27. The summed E-state index contributed by atoms with van der Waals surface area (Å²) in [5.74, 6) is 0.507. The number of nitrogens with one attached hydrogen (secondary N) is 1. The quantitative estimate of drug-likeness (QED) is 0.843. The Hall–Kier alpha value is -1.33. The van der Waals surface area contributed by atoms with Crippen LogP contribution >= 0.6 is 0 Å². The summed E-state index contributed by atoms with van der Waals surface area (Å²) in [5, 5.41) is 12.6. The fourth-order valence-corrected chi connectivity index (χ4v) is 3.05. The van der Waals surface area contributed by atoms with Crippen LogP contribution in [0, 0.1) is 11.8 Å². The second-order valence-corrected chi connectivity index (χ2v) is 6.01. The number of hydrogen-bond acceptors (Lipinski definition) is 4. The zero-order valence-electron chi connectivity index (χ0n) is 11.6. The molecule has 0 aromatic carbocycles. The summed E-state index contributed by atoms with van der Waals surface area (Å²) in [6, 6.07) is 2.02. The molecule has 2 heterocycles. The van der Waals surface area contributed by atoms with Gasteiger partial charge in [-0.1, -0.05) is 6.42 Å². The predicted molar refractivity (Wildman–Crippen MR) is 73.8 cm³/mol. The van der Waals surface area contributed by atoms with Crippen molar-refractivity contribution in [2.24, 2.45) is 11.8 Å². The number of nitrogens with zero attached hydrogens (tertiary/aromatic N) is 1. The van der Waals surface area contributed by atoms with Gasteiger partial charge in [-0.05, 0) is 18.9 Å². The summed E-state index contributed by atoms with van der Waals surface area (Å²) in [5.41, 5.74) is 1.13. The van der Waals surface area contributed by atoms with E-state index in [1.54, 1.807) is 12.5 Å². The van der Waals surface area contributed by atoms with Gasteiger partial charge in [-0.3, -0.25) is 9.69 Å². The lowest BCUT2D eigenvalue weighted by Gasteiger charge is -2.27. The van der Waals surface area contributed by atoms with Crippen LogP contribution in [0.1, 0.15) is 24.8 Å². The first-order valence-electron chi connectivity index (χ1n) is 7.41. The van der Waals surface area contributed by atoms with Crippen molar-refractivity contribution in [2.45, 2.75) is 31.8 Å². The van der Waals surface area contributed by atoms with E-state index in [2.05, 4.69) is 10.2 Å². The van der Waals surface area contributed by atoms with Crippen molar-refractivity contribution in [3.8, 4) is 0 Å². The van der Waals surface area contributed by atoms with Crippen LogP contribution < -0.4 is 5.32 Å². The molecule has 1 aliphatic heterocycles. The van der Waals surface area contributed by atoms with E-state index in [1.165, 1.54) is 6.42 Å². The molecule has 1 saturated heterocycles. The molecule has 2 atom stereocenters. The van der Waals surface area contributed by atoms with Gasteiger partial charge in [0.1, 0.15) is 0 Å². The third-order valence-corrected chi connectivity index (χ3v) is 4.54. The molecule has 1 aromatic rings. The molecule has 110 valence electrons. The topological polar surface area (TPSA) is 65.7 Å². The van der Waals surface area contributed by atoms with Crippen LogP contribution in [0.15, 0.2) is 23.0 Å². The van der Waals surface area contributed by atoms with Crippen LogP contribution in [0.3, 0.4) is 0 Å².